The molecule has 0 aliphatic carbocycles. The third-order valence-electron chi connectivity index (χ3n) is 1.85. The number of ketones is 1. The van der Waals surface area contributed by atoms with E-state index in [0.29, 0.717) is 24.3 Å². The van der Waals surface area contributed by atoms with Crippen molar-refractivity contribution >= 4 is 5.78 Å². The number of hydrogen-bond acceptors (Lipinski definition) is 3. The van der Waals surface area contributed by atoms with E-state index >= 15 is 0 Å². The first kappa shape index (κ1) is 9.54. The van der Waals surface area contributed by atoms with E-state index in [1.165, 1.54) is 12.1 Å². The maximum Gasteiger partial charge on any atom is 0.169 e. The summed E-state index contributed by atoms with van der Waals surface area (Å²) in [6.45, 7) is 0.412. The first-order valence-corrected chi connectivity index (χ1v) is 3.76. The fourth-order valence-electron chi connectivity index (χ4n) is 1.25. The van der Waals surface area contributed by atoms with Gasteiger partial charge >= 0.3 is 0 Å². The van der Waals surface area contributed by atoms with Crippen molar-refractivity contribution in [3.05, 3.63) is 23.8 Å². The molecule has 1 aromatic carbocycles. The number of ether oxygens (including phenoxy) is 1. The van der Waals surface area contributed by atoms with Crippen LogP contribution in [0.5, 0.6) is 11.5 Å². The Morgan fingerprint density at radius 1 is 1.38 bits per heavy atom. The van der Waals surface area contributed by atoms with Gasteiger partial charge in [-0.2, -0.15) is 0 Å². The van der Waals surface area contributed by atoms with Crippen LogP contribution in [0.4, 0.5) is 0 Å². The van der Waals surface area contributed by atoms with Crippen molar-refractivity contribution in [3.63, 3.8) is 0 Å². The van der Waals surface area contributed by atoms with Crippen molar-refractivity contribution in [2.24, 2.45) is 0 Å². The zero-order valence-corrected chi connectivity index (χ0v) is 6.91. The van der Waals surface area contributed by atoms with Crippen LogP contribution in [0.15, 0.2) is 18.2 Å². The fourth-order valence-corrected chi connectivity index (χ4v) is 1.25. The molecule has 3 N–H and O–H groups in total. The number of rotatable bonds is 0. The van der Waals surface area contributed by atoms with E-state index in [1.54, 1.807) is 6.07 Å². The van der Waals surface area contributed by atoms with Crippen LogP contribution in [0, 0.1) is 0 Å². The van der Waals surface area contributed by atoms with Crippen molar-refractivity contribution in [1.29, 1.82) is 0 Å². The monoisotopic (exact) mass is 182 g/mol. The van der Waals surface area contributed by atoms with Crippen LogP contribution in [-0.2, 0) is 0 Å². The molecule has 4 nitrogen and oxygen atoms in total. The largest absolute Gasteiger partial charge is 0.508 e. The number of benzene rings is 1. The molecule has 0 saturated heterocycles. The first-order chi connectivity index (χ1) is 5.77. The van der Waals surface area contributed by atoms with Gasteiger partial charge in [-0.25, -0.2) is 0 Å². The summed E-state index contributed by atoms with van der Waals surface area (Å²) in [5.41, 5.74) is 0.569. The topological polar surface area (TPSA) is 78.0 Å². The Balaban J connectivity index is 0.000000845. The summed E-state index contributed by atoms with van der Waals surface area (Å²) in [5, 5.41) is 9.08. The summed E-state index contributed by atoms with van der Waals surface area (Å²) in [7, 11) is 0. The van der Waals surface area contributed by atoms with E-state index in [1.807, 2.05) is 0 Å². The van der Waals surface area contributed by atoms with Gasteiger partial charge in [0, 0.05) is 12.5 Å². The average molecular weight is 182 g/mol. The lowest BCUT2D eigenvalue weighted by atomic mass is 10.1. The maximum atomic E-state index is 11.2. The van der Waals surface area contributed by atoms with Gasteiger partial charge in [0.25, 0.3) is 0 Å². The van der Waals surface area contributed by atoms with Gasteiger partial charge in [-0.15, -0.1) is 0 Å². The van der Waals surface area contributed by atoms with Crippen molar-refractivity contribution in [1.82, 2.24) is 0 Å². The molecule has 13 heavy (non-hydrogen) atoms. The van der Waals surface area contributed by atoms with Gasteiger partial charge in [0.2, 0.25) is 0 Å². The molecule has 1 aliphatic rings. The van der Waals surface area contributed by atoms with Gasteiger partial charge in [0.15, 0.2) is 5.78 Å². The lowest BCUT2D eigenvalue weighted by Crippen LogP contribution is -2.14. The summed E-state index contributed by atoms with van der Waals surface area (Å²) in [6.07, 6.45) is 0.428. The second-order valence-corrected chi connectivity index (χ2v) is 2.70. The minimum Gasteiger partial charge on any atom is -0.508 e. The van der Waals surface area contributed by atoms with Crippen molar-refractivity contribution in [2.75, 3.05) is 6.61 Å². The molecule has 0 bridgehead atoms. The zero-order chi connectivity index (χ0) is 8.55. The fraction of sp³-hybridized carbons (Fsp3) is 0.222. The molecule has 0 spiro atoms. The SMILES string of the molecule is O.O=C1CCOc2cc(O)ccc21. The summed E-state index contributed by atoms with van der Waals surface area (Å²) in [4.78, 5) is 11.2. The standard InChI is InChI=1S/C9H8O3.H2O/c10-6-1-2-7-8(11)3-4-12-9(7)5-6;/h1-2,5,10H,3-4H2;1H2. The second kappa shape index (κ2) is 3.45. The molecule has 0 unspecified atom stereocenters. The summed E-state index contributed by atoms with van der Waals surface area (Å²) >= 11 is 0. The molecule has 0 fully saturated rings. The van der Waals surface area contributed by atoms with Gasteiger partial charge in [-0.05, 0) is 12.1 Å². The minimum atomic E-state index is 0. The van der Waals surface area contributed by atoms with E-state index in [4.69, 9.17) is 9.84 Å². The Kier molecular flexibility index (Phi) is 2.53. The molecule has 0 amide bonds. The number of Topliss-reactive ketones (excluding diaryl/α,β-unsaturated/α-hetero) is 1. The molecule has 70 valence electrons. The highest BCUT2D eigenvalue weighted by Gasteiger charge is 2.17. The van der Waals surface area contributed by atoms with Crippen LogP contribution in [-0.4, -0.2) is 23.0 Å². The average Bonchev–Trinajstić information content (AvgIpc) is 2.04. The summed E-state index contributed by atoms with van der Waals surface area (Å²) < 4.78 is 5.19. The number of aromatic hydroxyl groups is 1. The molecular weight excluding hydrogens is 172 g/mol. The lowest BCUT2D eigenvalue weighted by Gasteiger charge is -2.15. The van der Waals surface area contributed by atoms with E-state index in [0.717, 1.165) is 0 Å². The Bertz CT molecular complexity index is 332. The Morgan fingerprint density at radius 3 is 2.92 bits per heavy atom. The summed E-state index contributed by atoms with van der Waals surface area (Å²) in [6, 6.07) is 4.55. The molecule has 0 aromatic heterocycles. The molecule has 2 rings (SSSR count). The molecule has 1 aliphatic heterocycles. The normalized spacial score (nSPS) is 14.0. The Morgan fingerprint density at radius 2 is 2.15 bits per heavy atom. The van der Waals surface area contributed by atoms with E-state index in [9.17, 15) is 4.79 Å². The number of phenols is 1. The lowest BCUT2D eigenvalue weighted by molar-refractivity contribution is 0.0933. The van der Waals surface area contributed by atoms with E-state index < -0.39 is 0 Å². The molecule has 0 atom stereocenters. The van der Waals surface area contributed by atoms with E-state index in [-0.39, 0.29) is 17.0 Å². The molecule has 4 heteroatoms. The Labute approximate surface area is 75.1 Å². The predicted octanol–water partition coefficient (Wildman–Crippen LogP) is 0.533. The summed E-state index contributed by atoms with van der Waals surface area (Å²) in [5.74, 6) is 0.700. The predicted molar refractivity (Wildman–Crippen MR) is 46.2 cm³/mol. The van der Waals surface area contributed by atoms with Crippen LogP contribution in [0.3, 0.4) is 0 Å². The van der Waals surface area contributed by atoms with Gasteiger partial charge < -0.3 is 15.3 Å². The van der Waals surface area contributed by atoms with Crippen molar-refractivity contribution in [2.45, 2.75) is 6.42 Å². The number of carbonyl (C=O) groups excluding carboxylic acids is 1. The third kappa shape index (κ3) is 1.62. The van der Waals surface area contributed by atoms with E-state index in [2.05, 4.69) is 0 Å². The number of fused-ring (bicyclic) bond motifs is 1. The number of hydrogen-bond donors (Lipinski definition) is 1. The second-order valence-electron chi connectivity index (χ2n) is 2.70. The maximum absolute atomic E-state index is 11.2. The highest BCUT2D eigenvalue weighted by molar-refractivity contribution is 5.99. The van der Waals surface area contributed by atoms with Crippen molar-refractivity contribution in [3.8, 4) is 11.5 Å². The van der Waals surface area contributed by atoms with Gasteiger partial charge in [-0.1, -0.05) is 0 Å². The van der Waals surface area contributed by atoms with Gasteiger partial charge in [0.1, 0.15) is 11.5 Å². The van der Waals surface area contributed by atoms with Crippen LogP contribution in [0.2, 0.25) is 0 Å². The highest BCUT2D eigenvalue weighted by Crippen LogP contribution is 2.27. The van der Waals surface area contributed by atoms with Crippen molar-refractivity contribution < 1.29 is 20.1 Å². The highest BCUT2D eigenvalue weighted by atomic mass is 16.5. The minimum absolute atomic E-state index is 0. The quantitative estimate of drug-likeness (QED) is 0.635. The van der Waals surface area contributed by atoms with Gasteiger partial charge in [0.05, 0.1) is 12.2 Å². The zero-order valence-electron chi connectivity index (χ0n) is 6.91. The molecular formula is C9H10O4. The molecule has 1 aromatic rings. The third-order valence-corrected chi connectivity index (χ3v) is 1.85. The van der Waals surface area contributed by atoms with Crippen LogP contribution < -0.4 is 4.74 Å². The molecule has 0 radical (unpaired) electrons. The number of carbonyl (C=O) groups is 1. The Hall–Kier alpha value is -1.55. The molecule has 1 heterocycles. The van der Waals surface area contributed by atoms with Crippen LogP contribution in [0.25, 0.3) is 0 Å². The number of phenolic OH excluding ortho intramolecular Hbond substituents is 1. The first-order valence-electron chi connectivity index (χ1n) is 3.76. The van der Waals surface area contributed by atoms with Crippen LogP contribution >= 0.6 is 0 Å². The van der Waals surface area contributed by atoms with Gasteiger partial charge in [-0.3, -0.25) is 4.79 Å². The smallest absolute Gasteiger partial charge is 0.169 e. The van der Waals surface area contributed by atoms with Crippen LogP contribution in [0.1, 0.15) is 16.8 Å². The molecule has 0 saturated carbocycles.